The van der Waals surface area contributed by atoms with Crippen LogP contribution in [-0.4, -0.2) is 5.88 Å². The maximum Gasteiger partial charge on any atom is 0.419 e. The largest absolute Gasteiger partial charge is 0.419 e. The first-order chi connectivity index (χ1) is 6.86. The van der Waals surface area contributed by atoms with Gasteiger partial charge in [0, 0.05) is 5.88 Å². The minimum atomic E-state index is -4.70. The van der Waals surface area contributed by atoms with Gasteiger partial charge in [0.15, 0.2) is 0 Å². The predicted octanol–water partition coefficient (Wildman–Crippen LogP) is 4.10. The standard InChI is InChI=1S/C10H7ClF4/c1-6(5-11)7-2-3-9(12)8(4-7)10(13,14)15/h2-4H,1,5H2. The van der Waals surface area contributed by atoms with Gasteiger partial charge in [-0.2, -0.15) is 13.2 Å². The highest BCUT2D eigenvalue weighted by Gasteiger charge is 2.34. The van der Waals surface area contributed by atoms with Crippen molar-refractivity contribution in [2.75, 3.05) is 5.88 Å². The molecule has 0 amide bonds. The van der Waals surface area contributed by atoms with Crippen molar-refractivity contribution in [1.82, 2.24) is 0 Å². The Kier molecular flexibility index (Phi) is 3.39. The first kappa shape index (κ1) is 12.0. The quantitative estimate of drug-likeness (QED) is 0.538. The van der Waals surface area contributed by atoms with Crippen LogP contribution in [0.3, 0.4) is 0 Å². The second-order valence-corrected chi connectivity index (χ2v) is 3.20. The van der Waals surface area contributed by atoms with Crippen molar-refractivity contribution >= 4 is 17.2 Å². The van der Waals surface area contributed by atoms with Crippen molar-refractivity contribution in [2.24, 2.45) is 0 Å². The van der Waals surface area contributed by atoms with Crippen LogP contribution in [0, 0.1) is 5.82 Å². The summed E-state index contributed by atoms with van der Waals surface area (Å²) in [7, 11) is 0. The van der Waals surface area contributed by atoms with Crippen molar-refractivity contribution in [3.63, 3.8) is 0 Å². The molecule has 0 aliphatic heterocycles. The van der Waals surface area contributed by atoms with Crippen LogP contribution >= 0.6 is 11.6 Å². The van der Waals surface area contributed by atoms with Crippen molar-refractivity contribution in [3.8, 4) is 0 Å². The zero-order valence-corrected chi connectivity index (χ0v) is 8.29. The van der Waals surface area contributed by atoms with E-state index in [1.807, 2.05) is 0 Å². The highest BCUT2D eigenvalue weighted by molar-refractivity contribution is 6.23. The first-order valence-electron chi connectivity index (χ1n) is 3.97. The number of benzene rings is 1. The lowest BCUT2D eigenvalue weighted by molar-refractivity contribution is -0.140. The summed E-state index contributed by atoms with van der Waals surface area (Å²) in [6, 6.07) is 2.69. The smallest absolute Gasteiger partial charge is 0.206 e. The number of allylic oxidation sites excluding steroid dienone is 1. The molecule has 0 aromatic heterocycles. The molecule has 0 atom stereocenters. The molecule has 5 heteroatoms. The summed E-state index contributed by atoms with van der Waals surface area (Å²) in [4.78, 5) is 0. The Labute approximate surface area is 89.2 Å². The summed E-state index contributed by atoms with van der Waals surface area (Å²) >= 11 is 5.42. The van der Waals surface area contributed by atoms with E-state index >= 15 is 0 Å². The summed E-state index contributed by atoms with van der Waals surface area (Å²) in [6.45, 7) is 3.47. The van der Waals surface area contributed by atoms with Crippen molar-refractivity contribution in [3.05, 3.63) is 41.7 Å². The molecule has 0 fully saturated rings. The maximum atomic E-state index is 12.9. The lowest BCUT2D eigenvalue weighted by Crippen LogP contribution is -2.08. The molecule has 82 valence electrons. The molecule has 0 unspecified atom stereocenters. The number of hydrogen-bond donors (Lipinski definition) is 0. The van der Waals surface area contributed by atoms with Crippen molar-refractivity contribution in [2.45, 2.75) is 6.18 Å². The molecule has 0 saturated carbocycles. The van der Waals surface area contributed by atoms with Gasteiger partial charge in [-0.15, -0.1) is 11.6 Å². The Balaban J connectivity index is 3.23. The Morgan fingerprint density at radius 1 is 1.33 bits per heavy atom. The van der Waals surface area contributed by atoms with E-state index in [-0.39, 0.29) is 11.4 Å². The van der Waals surface area contributed by atoms with Crippen LogP contribution in [-0.2, 0) is 6.18 Å². The molecule has 0 radical (unpaired) electrons. The summed E-state index contributed by atoms with van der Waals surface area (Å²) in [5.41, 5.74) is -0.785. The van der Waals surface area contributed by atoms with Gasteiger partial charge in [0.1, 0.15) is 5.82 Å². The highest BCUT2D eigenvalue weighted by Crippen LogP contribution is 2.33. The van der Waals surface area contributed by atoms with Crippen LogP contribution in [0.15, 0.2) is 24.8 Å². The minimum absolute atomic E-state index is 0.00291. The fraction of sp³-hybridized carbons (Fsp3) is 0.200. The molecule has 0 aliphatic carbocycles. The van der Waals surface area contributed by atoms with Crippen LogP contribution in [0.1, 0.15) is 11.1 Å². The molecule has 0 bridgehead atoms. The van der Waals surface area contributed by atoms with Crippen LogP contribution < -0.4 is 0 Å². The van der Waals surface area contributed by atoms with Crippen LogP contribution in [0.5, 0.6) is 0 Å². The Hall–Kier alpha value is -1.03. The average Bonchev–Trinajstić information content (AvgIpc) is 2.15. The van der Waals surface area contributed by atoms with Crippen LogP contribution in [0.25, 0.3) is 5.57 Å². The zero-order chi connectivity index (χ0) is 11.6. The van der Waals surface area contributed by atoms with Gasteiger partial charge in [-0.3, -0.25) is 0 Å². The number of hydrogen-bond acceptors (Lipinski definition) is 0. The lowest BCUT2D eigenvalue weighted by atomic mass is 10.0. The van der Waals surface area contributed by atoms with Gasteiger partial charge in [0.2, 0.25) is 0 Å². The highest BCUT2D eigenvalue weighted by atomic mass is 35.5. The third-order valence-electron chi connectivity index (χ3n) is 1.84. The Bertz CT molecular complexity index is 381. The van der Waals surface area contributed by atoms with E-state index in [2.05, 4.69) is 6.58 Å². The molecule has 0 N–H and O–H groups in total. The molecule has 15 heavy (non-hydrogen) atoms. The first-order valence-corrected chi connectivity index (χ1v) is 4.50. The third-order valence-corrected chi connectivity index (χ3v) is 2.16. The molecule has 0 nitrogen and oxygen atoms in total. The van der Waals surface area contributed by atoms with Gasteiger partial charge < -0.3 is 0 Å². The molecule has 1 aromatic rings. The lowest BCUT2D eigenvalue weighted by Gasteiger charge is -2.10. The normalized spacial score (nSPS) is 11.5. The second kappa shape index (κ2) is 4.23. The Morgan fingerprint density at radius 2 is 1.93 bits per heavy atom. The van der Waals surface area contributed by atoms with Gasteiger partial charge in [-0.1, -0.05) is 12.6 Å². The molecule has 0 heterocycles. The zero-order valence-electron chi connectivity index (χ0n) is 7.54. The molecule has 1 rings (SSSR count). The van der Waals surface area contributed by atoms with E-state index in [9.17, 15) is 17.6 Å². The maximum absolute atomic E-state index is 12.9. The van der Waals surface area contributed by atoms with Gasteiger partial charge in [0.05, 0.1) is 5.56 Å². The molecule has 0 saturated heterocycles. The summed E-state index contributed by atoms with van der Waals surface area (Å²) in [5, 5.41) is 0. The van der Waals surface area contributed by atoms with E-state index in [4.69, 9.17) is 11.6 Å². The van der Waals surface area contributed by atoms with Gasteiger partial charge >= 0.3 is 6.18 Å². The molecule has 0 aliphatic rings. The fourth-order valence-electron chi connectivity index (χ4n) is 1.04. The van der Waals surface area contributed by atoms with Crippen molar-refractivity contribution < 1.29 is 17.6 Å². The third kappa shape index (κ3) is 2.72. The predicted molar refractivity (Wildman–Crippen MR) is 51.2 cm³/mol. The molecular weight excluding hydrogens is 232 g/mol. The summed E-state index contributed by atoms with van der Waals surface area (Å²) < 4.78 is 49.7. The molecule has 1 aromatic carbocycles. The topological polar surface area (TPSA) is 0 Å². The summed E-state index contributed by atoms with van der Waals surface area (Å²) in [6.07, 6.45) is -4.70. The van der Waals surface area contributed by atoms with E-state index in [0.717, 1.165) is 6.07 Å². The fourth-order valence-corrected chi connectivity index (χ4v) is 1.19. The summed E-state index contributed by atoms with van der Waals surface area (Å²) in [5.74, 6) is -1.29. The molecule has 0 spiro atoms. The van der Waals surface area contributed by atoms with E-state index in [0.29, 0.717) is 11.6 Å². The SMILES string of the molecule is C=C(CCl)c1ccc(F)c(C(F)(F)F)c1. The number of rotatable bonds is 2. The Morgan fingerprint density at radius 3 is 2.40 bits per heavy atom. The minimum Gasteiger partial charge on any atom is -0.206 e. The van der Waals surface area contributed by atoms with E-state index in [1.54, 1.807) is 0 Å². The number of halogens is 5. The van der Waals surface area contributed by atoms with Gasteiger partial charge in [0.25, 0.3) is 0 Å². The van der Waals surface area contributed by atoms with E-state index < -0.39 is 17.6 Å². The van der Waals surface area contributed by atoms with Crippen molar-refractivity contribution in [1.29, 1.82) is 0 Å². The van der Waals surface area contributed by atoms with Gasteiger partial charge in [-0.25, -0.2) is 4.39 Å². The monoisotopic (exact) mass is 238 g/mol. The second-order valence-electron chi connectivity index (χ2n) is 2.93. The van der Waals surface area contributed by atoms with Crippen LogP contribution in [0.2, 0.25) is 0 Å². The molecular formula is C10H7ClF4. The average molecular weight is 239 g/mol. The number of alkyl halides is 4. The van der Waals surface area contributed by atoms with E-state index in [1.165, 1.54) is 6.07 Å². The van der Waals surface area contributed by atoms with Gasteiger partial charge in [-0.05, 0) is 23.3 Å². The van der Waals surface area contributed by atoms with Crippen LogP contribution in [0.4, 0.5) is 17.6 Å².